The first-order valence-corrected chi connectivity index (χ1v) is 10.1. The van der Waals surface area contributed by atoms with E-state index < -0.39 is 16.1 Å². The van der Waals surface area contributed by atoms with Crippen LogP contribution in [0, 0.1) is 10.1 Å². The molecule has 9 nitrogen and oxygen atoms in total. The molecule has 156 valence electrons. The molecule has 0 aliphatic carbocycles. The molecule has 1 fully saturated rings. The minimum Gasteiger partial charge on any atom is -0.506 e. The Balaban J connectivity index is 1.74. The highest BCUT2D eigenvalue weighted by molar-refractivity contribution is 9.10. The molecular formula is C19H15BrN2O7S. The van der Waals surface area contributed by atoms with Crippen LogP contribution in [0.15, 0.2) is 45.8 Å². The van der Waals surface area contributed by atoms with E-state index in [0.717, 1.165) is 17.0 Å². The van der Waals surface area contributed by atoms with Crippen LogP contribution < -0.4 is 9.47 Å². The number of ether oxygens (including phenoxy) is 2. The molecule has 1 aliphatic heterocycles. The molecule has 0 bridgehead atoms. The van der Waals surface area contributed by atoms with Crippen LogP contribution >= 0.6 is 27.7 Å². The van der Waals surface area contributed by atoms with Gasteiger partial charge in [0.05, 0.1) is 28.0 Å². The smallest absolute Gasteiger partial charge is 0.293 e. The van der Waals surface area contributed by atoms with E-state index in [2.05, 4.69) is 15.9 Å². The number of carbonyl (C=O) groups excluding carboxylic acids is 2. The van der Waals surface area contributed by atoms with Gasteiger partial charge in [-0.2, -0.15) is 0 Å². The number of para-hydroxylation sites is 2. The summed E-state index contributed by atoms with van der Waals surface area (Å²) in [6.45, 7) is 0.0595. The fourth-order valence-corrected chi connectivity index (χ4v) is 3.96. The quantitative estimate of drug-likeness (QED) is 0.345. The summed E-state index contributed by atoms with van der Waals surface area (Å²) in [5.41, 5.74) is -0.220. The van der Waals surface area contributed by atoms with Crippen molar-refractivity contribution in [3.05, 3.63) is 61.5 Å². The molecule has 11 heteroatoms. The third-order valence-electron chi connectivity index (χ3n) is 4.09. The maximum Gasteiger partial charge on any atom is 0.293 e. The Hall–Kier alpha value is -3.05. The van der Waals surface area contributed by atoms with Gasteiger partial charge in [-0.05, 0) is 45.9 Å². The number of nitro groups is 1. The van der Waals surface area contributed by atoms with E-state index in [9.17, 15) is 24.8 Å². The highest BCUT2D eigenvalue weighted by atomic mass is 79.9. The summed E-state index contributed by atoms with van der Waals surface area (Å²) < 4.78 is 10.9. The fourth-order valence-electron chi connectivity index (χ4n) is 2.64. The number of phenols is 1. The lowest BCUT2D eigenvalue weighted by molar-refractivity contribution is -0.385. The third kappa shape index (κ3) is 4.57. The van der Waals surface area contributed by atoms with Gasteiger partial charge in [-0.1, -0.05) is 12.1 Å². The molecular weight excluding hydrogens is 480 g/mol. The van der Waals surface area contributed by atoms with Crippen molar-refractivity contribution in [3.8, 4) is 17.2 Å². The fraction of sp³-hybridized carbons (Fsp3) is 0.158. The molecule has 1 N–H and O–H groups in total. The van der Waals surface area contributed by atoms with Crippen molar-refractivity contribution in [3.63, 3.8) is 0 Å². The Morgan fingerprint density at radius 1 is 1.27 bits per heavy atom. The molecule has 1 saturated heterocycles. The van der Waals surface area contributed by atoms with Gasteiger partial charge in [0, 0.05) is 17.7 Å². The Bertz CT molecular complexity index is 1060. The standard InChI is InChI=1S/C19H15BrN2O7S/c1-28-14-4-2-3-5-15(14)29-7-6-21-18(24)16(30-19(21)25)9-11-8-12(22(26)27)10-13(20)17(11)23/h2-5,8-10,23H,6-7H2,1H3/b16-9-. The van der Waals surface area contributed by atoms with Gasteiger partial charge in [0.1, 0.15) is 12.4 Å². The number of hydrogen-bond donors (Lipinski definition) is 1. The largest absolute Gasteiger partial charge is 0.506 e. The van der Waals surface area contributed by atoms with E-state index in [1.165, 1.54) is 13.2 Å². The average Bonchev–Trinajstić information content (AvgIpc) is 2.98. The molecule has 0 saturated carbocycles. The van der Waals surface area contributed by atoms with Crippen LogP contribution in [0.25, 0.3) is 6.08 Å². The van der Waals surface area contributed by atoms with Gasteiger partial charge in [0.25, 0.3) is 16.8 Å². The number of phenolic OH excluding ortho intramolecular Hbond substituents is 1. The second-order valence-corrected chi connectivity index (χ2v) is 7.80. The van der Waals surface area contributed by atoms with Gasteiger partial charge >= 0.3 is 0 Å². The first kappa shape index (κ1) is 21.7. The van der Waals surface area contributed by atoms with Crippen LogP contribution in [-0.2, 0) is 4.79 Å². The van der Waals surface area contributed by atoms with Crippen molar-refractivity contribution in [1.29, 1.82) is 0 Å². The number of imide groups is 1. The van der Waals surface area contributed by atoms with Crippen molar-refractivity contribution < 1.29 is 29.1 Å². The van der Waals surface area contributed by atoms with E-state index in [0.29, 0.717) is 23.3 Å². The Labute approximate surface area is 183 Å². The minimum atomic E-state index is -0.623. The summed E-state index contributed by atoms with van der Waals surface area (Å²) in [5, 5.41) is 20.7. The SMILES string of the molecule is COc1ccccc1OCCN1C(=O)S/C(=C\c2cc([N+](=O)[O-])cc(Br)c2O)C1=O. The zero-order valence-corrected chi connectivity index (χ0v) is 17.9. The van der Waals surface area contributed by atoms with E-state index in [-0.39, 0.29) is 39.5 Å². The van der Waals surface area contributed by atoms with Crippen molar-refractivity contribution in [2.75, 3.05) is 20.3 Å². The maximum atomic E-state index is 12.6. The van der Waals surface area contributed by atoms with Gasteiger partial charge in [-0.15, -0.1) is 0 Å². The second-order valence-electron chi connectivity index (χ2n) is 5.96. The first-order chi connectivity index (χ1) is 14.3. The van der Waals surface area contributed by atoms with Gasteiger partial charge in [-0.3, -0.25) is 24.6 Å². The average molecular weight is 495 g/mol. The molecule has 1 aliphatic rings. The van der Waals surface area contributed by atoms with Gasteiger partial charge in [0.15, 0.2) is 11.5 Å². The van der Waals surface area contributed by atoms with Crippen molar-refractivity contribution in [1.82, 2.24) is 4.90 Å². The summed E-state index contributed by atoms with van der Waals surface area (Å²) in [6.07, 6.45) is 1.25. The number of rotatable bonds is 7. The van der Waals surface area contributed by atoms with E-state index in [1.54, 1.807) is 24.3 Å². The molecule has 0 unspecified atom stereocenters. The van der Waals surface area contributed by atoms with Crippen LogP contribution in [-0.4, -0.2) is 46.3 Å². The number of hydrogen-bond acceptors (Lipinski definition) is 8. The molecule has 1 heterocycles. The lowest BCUT2D eigenvalue weighted by Gasteiger charge is -2.14. The third-order valence-corrected chi connectivity index (χ3v) is 5.60. The minimum absolute atomic E-state index is 0.00463. The van der Waals surface area contributed by atoms with E-state index in [1.807, 2.05) is 0 Å². The Kier molecular flexibility index (Phi) is 6.63. The number of methoxy groups -OCH3 is 1. The van der Waals surface area contributed by atoms with Gasteiger partial charge in [-0.25, -0.2) is 0 Å². The van der Waals surface area contributed by atoms with Crippen molar-refractivity contribution >= 4 is 50.6 Å². The van der Waals surface area contributed by atoms with E-state index >= 15 is 0 Å². The second kappa shape index (κ2) is 9.18. The van der Waals surface area contributed by atoms with Gasteiger partial charge < -0.3 is 14.6 Å². The monoisotopic (exact) mass is 494 g/mol. The number of halogens is 1. The maximum absolute atomic E-state index is 12.6. The zero-order chi connectivity index (χ0) is 21.8. The number of nitro benzene ring substituents is 1. The predicted octanol–water partition coefficient (Wildman–Crippen LogP) is 4.19. The van der Waals surface area contributed by atoms with Crippen LogP contribution in [0.2, 0.25) is 0 Å². The number of nitrogens with zero attached hydrogens (tertiary/aromatic N) is 2. The summed E-state index contributed by atoms with van der Waals surface area (Å²) in [7, 11) is 1.51. The molecule has 2 aromatic rings. The molecule has 0 radical (unpaired) electrons. The lowest BCUT2D eigenvalue weighted by atomic mass is 10.1. The molecule has 0 spiro atoms. The predicted molar refractivity (Wildman–Crippen MR) is 114 cm³/mol. The molecule has 3 rings (SSSR count). The summed E-state index contributed by atoms with van der Waals surface area (Å²) >= 11 is 3.72. The van der Waals surface area contributed by atoms with Crippen LogP contribution in [0.1, 0.15) is 5.56 Å². The molecule has 2 amide bonds. The van der Waals surface area contributed by atoms with E-state index in [4.69, 9.17) is 9.47 Å². The summed E-state index contributed by atoms with van der Waals surface area (Å²) in [6, 6.07) is 9.25. The summed E-state index contributed by atoms with van der Waals surface area (Å²) in [5.74, 6) is 0.162. The first-order valence-electron chi connectivity index (χ1n) is 8.50. The topological polar surface area (TPSA) is 119 Å². The summed E-state index contributed by atoms with van der Waals surface area (Å²) in [4.78, 5) is 36.3. The normalized spacial score (nSPS) is 15.0. The number of thioether (sulfide) groups is 1. The number of carbonyl (C=O) groups is 2. The number of amides is 2. The lowest BCUT2D eigenvalue weighted by Crippen LogP contribution is -2.32. The number of aromatic hydroxyl groups is 1. The highest BCUT2D eigenvalue weighted by Gasteiger charge is 2.35. The zero-order valence-electron chi connectivity index (χ0n) is 15.5. The van der Waals surface area contributed by atoms with Gasteiger partial charge in [0.2, 0.25) is 0 Å². The van der Waals surface area contributed by atoms with Crippen molar-refractivity contribution in [2.24, 2.45) is 0 Å². The Morgan fingerprint density at radius 3 is 2.63 bits per heavy atom. The number of benzene rings is 2. The highest BCUT2D eigenvalue weighted by Crippen LogP contribution is 2.38. The molecule has 2 aromatic carbocycles. The van der Waals surface area contributed by atoms with Crippen LogP contribution in [0.4, 0.5) is 10.5 Å². The van der Waals surface area contributed by atoms with Crippen LogP contribution in [0.3, 0.4) is 0 Å². The van der Waals surface area contributed by atoms with Crippen LogP contribution in [0.5, 0.6) is 17.2 Å². The molecule has 30 heavy (non-hydrogen) atoms. The molecule has 0 aromatic heterocycles. The van der Waals surface area contributed by atoms with Crippen molar-refractivity contribution in [2.45, 2.75) is 0 Å². The Morgan fingerprint density at radius 2 is 1.97 bits per heavy atom. The molecule has 0 atom stereocenters. The number of non-ortho nitro benzene ring substituents is 1.